The minimum atomic E-state index is -0.913. The topological polar surface area (TPSA) is 162 Å². The van der Waals surface area contributed by atoms with Gasteiger partial charge in [-0.2, -0.15) is 0 Å². The predicted octanol–water partition coefficient (Wildman–Crippen LogP) is 3.83. The Morgan fingerprint density at radius 3 is 2.33 bits per heavy atom. The number of aliphatic hydroxyl groups excluding tert-OH is 2. The Balaban J connectivity index is 1.57. The third kappa shape index (κ3) is 21.2. The number of benzene rings is 1. The number of amides is 2. The quantitative estimate of drug-likeness (QED) is 0.0585. The number of rotatable bonds is 27. The van der Waals surface area contributed by atoms with Gasteiger partial charge in [-0.1, -0.05) is 48.1 Å². The Kier molecular flexibility index (Phi) is 24.6. The van der Waals surface area contributed by atoms with E-state index in [0.717, 1.165) is 49.7 Å². The van der Waals surface area contributed by atoms with Crippen LogP contribution in [-0.4, -0.2) is 110 Å². The first-order chi connectivity index (χ1) is 23.8. The Morgan fingerprint density at radius 2 is 1.57 bits per heavy atom. The molecule has 49 heavy (non-hydrogen) atoms. The van der Waals surface area contributed by atoms with E-state index in [-0.39, 0.29) is 24.0 Å². The van der Waals surface area contributed by atoms with E-state index in [1.54, 1.807) is 0 Å². The summed E-state index contributed by atoms with van der Waals surface area (Å²) in [6.07, 6.45) is 6.02. The molecule has 1 aromatic carbocycles. The van der Waals surface area contributed by atoms with E-state index >= 15 is 0 Å². The average molecular weight is 807 g/mol. The predicted molar refractivity (Wildman–Crippen MR) is 195 cm³/mol. The van der Waals surface area contributed by atoms with Gasteiger partial charge in [-0.25, -0.2) is 0 Å². The summed E-state index contributed by atoms with van der Waals surface area (Å²) < 4.78 is 29.3. The highest BCUT2D eigenvalue weighted by atomic mass is 127. The van der Waals surface area contributed by atoms with Crippen LogP contribution < -0.4 is 15.4 Å². The number of ketones is 1. The molecule has 280 valence electrons. The molecule has 0 aromatic heterocycles. The smallest absolute Gasteiger partial charge is 0.229 e. The second-order valence-electron chi connectivity index (χ2n) is 12.2. The summed E-state index contributed by atoms with van der Waals surface area (Å²) in [5, 5.41) is 26.1. The molecule has 1 aromatic rings. The van der Waals surface area contributed by atoms with Crippen LogP contribution in [0.5, 0.6) is 5.75 Å². The van der Waals surface area contributed by atoms with Gasteiger partial charge in [0.15, 0.2) is 0 Å². The first-order valence-corrected chi connectivity index (χ1v) is 19.4. The van der Waals surface area contributed by atoms with Crippen molar-refractivity contribution < 1.29 is 48.3 Å². The fourth-order valence-corrected chi connectivity index (χ4v) is 5.53. The summed E-state index contributed by atoms with van der Waals surface area (Å²) in [5.74, 6) is 0.918. The van der Waals surface area contributed by atoms with Crippen molar-refractivity contribution in [2.75, 3.05) is 63.8 Å². The number of aliphatic hydroxyl groups is 2. The van der Waals surface area contributed by atoms with Gasteiger partial charge in [0.1, 0.15) is 11.5 Å². The number of nitrogens with one attached hydrogen (secondary N) is 2. The number of Topliss-reactive ketones (excluding diaryl/α,β-unsaturated/α-hetero) is 1. The zero-order chi connectivity index (χ0) is 35.5. The van der Waals surface area contributed by atoms with Crippen molar-refractivity contribution in [2.45, 2.75) is 109 Å². The van der Waals surface area contributed by atoms with Crippen LogP contribution in [0.3, 0.4) is 0 Å². The second-order valence-corrected chi connectivity index (χ2v) is 13.0. The lowest BCUT2D eigenvalue weighted by Crippen LogP contribution is -2.36. The van der Waals surface area contributed by atoms with Crippen LogP contribution in [0.15, 0.2) is 18.2 Å². The Hall–Kier alpha value is -1.88. The molecular weight excluding hydrogens is 747 g/mol. The Morgan fingerprint density at radius 1 is 0.837 bits per heavy atom. The van der Waals surface area contributed by atoms with Gasteiger partial charge in [0, 0.05) is 45.4 Å². The van der Waals surface area contributed by atoms with Crippen LogP contribution in [0.4, 0.5) is 0 Å². The first kappa shape index (κ1) is 43.3. The van der Waals surface area contributed by atoms with Gasteiger partial charge in [-0.3, -0.25) is 14.4 Å². The second kappa shape index (κ2) is 27.8. The van der Waals surface area contributed by atoms with E-state index in [2.05, 4.69) is 16.7 Å². The molecular formula is C36H59IN2O10. The number of ether oxygens (including phenoxy) is 5. The van der Waals surface area contributed by atoms with Crippen LogP contribution in [0.1, 0.15) is 88.7 Å². The molecule has 4 N–H and O–H groups in total. The molecule has 1 heterocycles. The van der Waals surface area contributed by atoms with Crippen LogP contribution >= 0.6 is 22.6 Å². The van der Waals surface area contributed by atoms with E-state index in [0.29, 0.717) is 108 Å². The van der Waals surface area contributed by atoms with Crippen LogP contribution in [-0.2, 0) is 46.2 Å². The molecule has 1 aliphatic heterocycles. The molecule has 0 unspecified atom stereocenters. The van der Waals surface area contributed by atoms with Gasteiger partial charge in [0.25, 0.3) is 0 Å². The summed E-state index contributed by atoms with van der Waals surface area (Å²) in [7, 11) is 0. The van der Waals surface area contributed by atoms with Crippen molar-refractivity contribution in [1.82, 2.24) is 10.6 Å². The number of unbranched alkanes of at least 4 members (excludes halogenated alkanes) is 2. The molecule has 3 atom stereocenters. The van der Waals surface area contributed by atoms with Crippen molar-refractivity contribution in [3.05, 3.63) is 29.3 Å². The van der Waals surface area contributed by atoms with Crippen molar-refractivity contribution >= 4 is 40.2 Å². The molecule has 0 radical (unpaired) electrons. The van der Waals surface area contributed by atoms with E-state index in [1.807, 2.05) is 41.6 Å². The first-order valence-electron chi connectivity index (χ1n) is 17.9. The maximum absolute atomic E-state index is 12.3. The van der Waals surface area contributed by atoms with Crippen molar-refractivity contribution in [1.29, 1.82) is 0 Å². The Labute approximate surface area is 305 Å². The van der Waals surface area contributed by atoms with Crippen LogP contribution in [0.25, 0.3) is 0 Å². The van der Waals surface area contributed by atoms with E-state index in [9.17, 15) is 24.6 Å². The molecule has 1 aliphatic rings. The number of aryl methyl sites for hydroxylation is 2. The molecule has 1 saturated heterocycles. The molecule has 2 amide bonds. The molecule has 0 saturated carbocycles. The lowest BCUT2D eigenvalue weighted by molar-refractivity contribution is -0.132. The van der Waals surface area contributed by atoms with Crippen LogP contribution in [0.2, 0.25) is 0 Å². The number of carbonyl (C=O) groups excluding carboxylic acids is 3. The average Bonchev–Trinajstić information content (AvgIpc) is 3.09. The van der Waals surface area contributed by atoms with Gasteiger partial charge in [-0.15, -0.1) is 0 Å². The monoisotopic (exact) mass is 806 g/mol. The standard InChI is InChI=1S/C36H59IN2O10/c1-2-8-30(40)14-13-29-25-28(12-15-33(29)49-36-26-32(42)31(41)10-7-19-48-36)9-6-18-45-21-23-47-24-22-46-20-17-39-34(43)11-4-3-5-16-38-35(44)27-37/h12,15,25,31-32,36,41-42H,2-11,13-14,16-24,26-27H2,1H3,(H,38,44)(H,39,43)/t31-,32-,36+/m1/s1. The van der Waals surface area contributed by atoms with Crippen molar-refractivity contribution in [3.8, 4) is 5.75 Å². The summed E-state index contributed by atoms with van der Waals surface area (Å²) in [4.78, 5) is 35.3. The molecule has 12 nitrogen and oxygen atoms in total. The molecule has 0 aliphatic carbocycles. The summed E-state index contributed by atoms with van der Waals surface area (Å²) in [6.45, 7) is 6.44. The number of alkyl halides is 1. The van der Waals surface area contributed by atoms with Crippen molar-refractivity contribution in [3.63, 3.8) is 0 Å². The molecule has 2 rings (SSSR count). The lowest BCUT2D eigenvalue weighted by Gasteiger charge is -2.28. The number of hydrogen-bond donors (Lipinski definition) is 4. The Bertz CT molecular complexity index is 1060. The van der Waals surface area contributed by atoms with E-state index in [4.69, 9.17) is 23.7 Å². The highest BCUT2D eigenvalue weighted by Gasteiger charge is 2.26. The third-order valence-corrected chi connectivity index (χ3v) is 8.70. The largest absolute Gasteiger partial charge is 0.465 e. The summed E-state index contributed by atoms with van der Waals surface area (Å²) in [6, 6.07) is 6.00. The van der Waals surface area contributed by atoms with Crippen molar-refractivity contribution in [2.24, 2.45) is 0 Å². The highest BCUT2D eigenvalue weighted by Crippen LogP contribution is 2.27. The maximum Gasteiger partial charge on any atom is 0.229 e. The van der Waals surface area contributed by atoms with Gasteiger partial charge >= 0.3 is 0 Å². The minimum Gasteiger partial charge on any atom is -0.465 e. The number of hydrogen-bond acceptors (Lipinski definition) is 10. The summed E-state index contributed by atoms with van der Waals surface area (Å²) >= 11 is 2.03. The van der Waals surface area contributed by atoms with Gasteiger partial charge < -0.3 is 44.5 Å². The molecule has 0 bridgehead atoms. The SMILES string of the molecule is CCCC(=O)CCc1cc(CCCOCCOCCOCCNC(=O)CCCCCNC(=O)CI)ccc1O[C@H]1C[C@@H](O)[C@H](O)CCCO1. The maximum atomic E-state index is 12.3. The fourth-order valence-electron chi connectivity index (χ4n) is 5.26. The fraction of sp³-hybridized carbons (Fsp3) is 0.750. The summed E-state index contributed by atoms with van der Waals surface area (Å²) in [5.41, 5.74) is 2.06. The lowest BCUT2D eigenvalue weighted by atomic mass is 10.00. The molecule has 0 spiro atoms. The van der Waals surface area contributed by atoms with Crippen LogP contribution in [0, 0.1) is 0 Å². The van der Waals surface area contributed by atoms with Gasteiger partial charge in [-0.05, 0) is 68.6 Å². The molecule has 1 fully saturated rings. The van der Waals surface area contributed by atoms with Gasteiger partial charge in [0.05, 0.1) is 56.3 Å². The highest BCUT2D eigenvalue weighted by molar-refractivity contribution is 14.1. The molecule has 13 heteroatoms. The minimum absolute atomic E-state index is 0.0119. The van der Waals surface area contributed by atoms with E-state index < -0.39 is 18.5 Å². The zero-order valence-electron chi connectivity index (χ0n) is 29.3. The number of halogens is 1. The van der Waals surface area contributed by atoms with E-state index in [1.165, 1.54) is 0 Å². The normalized spacial score (nSPS) is 18.0. The number of carbonyl (C=O) groups is 3. The van der Waals surface area contributed by atoms with Gasteiger partial charge in [0.2, 0.25) is 18.1 Å². The zero-order valence-corrected chi connectivity index (χ0v) is 31.4. The third-order valence-electron chi connectivity index (χ3n) is 8.00.